The zero-order valence-electron chi connectivity index (χ0n) is 15.7. The molecule has 0 N–H and O–H groups in total. The minimum Gasteiger partial charge on any atom is -0.356 e. The number of anilines is 1. The van der Waals surface area contributed by atoms with Gasteiger partial charge in [0.2, 0.25) is 0 Å². The highest BCUT2D eigenvalue weighted by Crippen LogP contribution is 2.32. The Kier molecular flexibility index (Phi) is 4.56. The number of hydrogen-bond acceptors (Lipinski definition) is 5. The molecule has 0 radical (unpaired) electrons. The van der Waals surface area contributed by atoms with E-state index in [1.165, 1.54) is 24.2 Å². The average Bonchev–Trinajstić information content (AvgIpc) is 3.47. The molecule has 6 heteroatoms. The van der Waals surface area contributed by atoms with Crippen LogP contribution in [0.25, 0.3) is 11.4 Å². The van der Waals surface area contributed by atoms with Gasteiger partial charge in [0.1, 0.15) is 5.82 Å². The molecule has 0 aliphatic carbocycles. The summed E-state index contributed by atoms with van der Waals surface area (Å²) in [6, 6.07) is 14.0. The van der Waals surface area contributed by atoms with Gasteiger partial charge in [-0.3, -0.25) is 4.79 Å². The van der Waals surface area contributed by atoms with Crippen LogP contribution in [0.15, 0.2) is 47.8 Å². The summed E-state index contributed by atoms with van der Waals surface area (Å²) in [7, 11) is 0. The van der Waals surface area contributed by atoms with Gasteiger partial charge in [-0.25, -0.2) is 9.97 Å². The Balaban J connectivity index is 1.54. The lowest BCUT2D eigenvalue weighted by atomic mass is 10.0. The molecule has 1 aromatic carbocycles. The summed E-state index contributed by atoms with van der Waals surface area (Å²) in [5, 5.41) is 1.95. The number of rotatable bonds is 3. The van der Waals surface area contributed by atoms with Gasteiger partial charge >= 0.3 is 0 Å². The summed E-state index contributed by atoms with van der Waals surface area (Å²) in [5.74, 6) is 1.92. The fourth-order valence-electron chi connectivity index (χ4n) is 4.03. The second kappa shape index (κ2) is 7.36. The Bertz CT molecular complexity index is 981. The molecule has 0 bridgehead atoms. The molecule has 2 aromatic heterocycles. The number of thiophene rings is 1. The van der Waals surface area contributed by atoms with Gasteiger partial charge < -0.3 is 9.80 Å². The summed E-state index contributed by atoms with van der Waals surface area (Å²) in [6.07, 6.45) is 3.16. The SMILES string of the molecule is O=C(c1cccs1)N1CCc2nc(-c3ccccc3)nc(N3CCCC3)c2C1. The third-order valence-corrected chi connectivity index (χ3v) is 6.35. The third-order valence-electron chi connectivity index (χ3n) is 5.50. The summed E-state index contributed by atoms with van der Waals surface area (Å²) >= 11 is 1.50. The maximum absolute atomic E-state index is 12.9. The first kappa shape index (κ1) is 17.4. The number of carbonyl (C=O) groups excluding carboxylic acids is 1. The maximum Gasteiger partial charge on any atom is 0.264 e. The van der Waals surface area contributed by atoms with Crippen LogP contribution >= 0.6 is 11.3 Å². The van der Waals surface area contributed by atoms with Crippen LogP contribution < -0.4 is 4.90 Å². The van der Waals surface area contributed by atoms with Crippen molar-refractivity contribution >= 4 is 23.1 Å². The number of benzene rings is 1. The number of hydrogen-bond donors (Lipinski definition) is 0. The summed E-state index contributed by atoms with van der Waals surface area (Å²) < 4.78 is 0. The first-order valence-corrected chi connectivity index (χ1v) is 10.7. The first-order valence-electron chi connectivity index (χ1n) is 9.82. The number of carbonyl (C=O) groups is 1. The fraction of sp³-hybridized carbons (Fsp3) is 0.318. The van der Waals surface area contributed by atoms with Gasteiger partial charge in [-0.1, -0.05) is 36.4 Å². The van der Waals surface area contributed by atoms with Crippen LogP contribution in [0.4, 0.5) is 5.82 Å². The van der Waals surface area contributed by atoms with Crippen LogP contribution in [0, 0.1) is 0 Å². The number of amides is 1. The third kappa shape index (κ3) is 3.18. The standard InChI is InChI=1S/C22H22N4OS/c27-22(19-9-6-14-28-19)26-13-10-18-17(15-26)21(25-11-4-5-12-25)24-20(23-18)16-7-2-1-3-8-16/h1-3,6-9,14H,4-5,10-13,15H2. The van der Waals surface area contributed by atoms with Crippen molar-refractivity contribution in [3.8, 4) is 11.4 Å². The van der Waals surface area contributed by atoms with E-state index in [0.717, 1.165) is 52.9 Å². The van der Waals surface area contributed by atoms with Gasteiger partial charge in [0.05, 0.1) is 17.1 Å². The monoisotopic (exact) mass is 390 g/mol. The molecule has 0 atom stereocenters. The summed E-state index contributed by atoms with van der Waals surface area (Å²) in [6.45, 7) is 3.34. The van der Waals surface area contributed by atoms with E-state index in [0.29, 0.717) is 13.1 Å². The average molecular weight is 391 g/mol. The molecule has 4 heterocycles. The van der Waals surface area contributed by atoms with Crippen molar-refractivity contribution in [2.45, 2.75) is 25.8 Å². The Hall–Kier alpha value is -2.73. The first-order chi connectivity index (χ1) is 13.8. The topological polar surface area (TPSA) is 49.3 Å². The lowest BCUT2D eigenvalue weighted by Crippen LogP contribution is -2.37. The van der Waals surface area contributed by atoms with Crippen molar-refractivity contribution < 1.29 is 4.79 Å². The smallest absolute Gasteiger partial charge is 0.264 e. The van der Waals surface area contributed by atoms with Crippen molar-refractivity contribution in [3.05, 3.63) is 64.0 Å². The Morgan fingerprint density at radius 1 is 0.964 bits per heavy atom. The van der Waals surface area contributed by atoms with Gasteiger partial charge in [-0.05, 0) is 24.3 Å². The maximum atomic E-state index is 12.9. The van der Waals surface area contributed by atoms with Gasteiger partial charge in [-0.15, -0.1) is 11.3 Å². The number of fused-ring (bicyclic) bond motifs is 1. The second-order valence-electron chi connectivity index (χ2n) is 7.31. The van der Waals surface area contributed by atoms with E-state index >= 15 is 0 Å². The molecule has 0 saturated carbocycles. The minimum absolute atomic E-state index is 0.111. The highest BCUT2D eigenvalue weighted by molar-refractivity contribution is 7.12. The van der Waals surface area contributed by atoms with E-state index in [4.69, 9.17) is 9.97 Å². The van der Waals surface area contributed by atoms with Crippen LogP contribution in [0.5, 0.6) is 0 Å². The van der Waals surface area contributed by atoms with Crippen LogP contribution in [-0.2, 0) is 13.0 Å². The zero-order valence-corrected chi connectivity index (χ0v) is 16.5. The van der Waals surface area contributed by atoms with Crippen LogP contribution in [0.2, 0.25) is 0 Å². The molecule has 1 amide bonds. The Morgan fingerprint density at radius 3 is 2.54 bits per heavy atom. The fourth-order valence-corrected chi connectivity index (χ4v) is 4.72. The van der Waals surface area contributed by atoms with E-state index in [2.05, 4.69) is 17.0 Å². The molecule has 28 heavy (non-hydrogen) atoms. The van der Waals surface area contributed by atoms with E-state index < -0.39 is 0 Å². The summed E-state index contributed by atoms with van der Waals surface area (Å²) in [5.41, 5.74) is 3.26. The summed E-state index contributed by atoms with van der Waals surface area (Å²) in [4.78, 5) is 27.9. The molecular weight excluding hydrogens is 368 g/mol. The van der Waals surface area contributed by atoms with Gasteiger partial charge in [0, 0.05) is 37.2 Å². The lowest BCUT2D eigenvalue weighted by molar-refractivity contribution is 0.0738. The van der Waals surface area contributed by atoms with Crippen molar-refractivity contribution in [1.29, 1.82) is 0 Å². The van der Waals surface area contributed by atoms with Crippen molar-refractivity contribution in [1.82, 2.24) is 14.9 Å². The van der Waals surface area contributed by atoms with Gasteiger partial charge in [-0.2, -0.15) is 0 Å². The van der Waals surface area contributed by atoms with Crippen LogP contribution in [0.3, 0.4) is 0 Å². The highest BCUT2D eigenvalue weighted by atomic mass is 32.1. The number of aromatic nitrogens is 2. The van der Waals surface area contributed by atoms with Gasteiger partial charge in [0.25, 0.3) is 5.91 Å². The normalized spacial score (nSPS) is 16.3. The quantitative estimate of drug-likeness (QED) is 0.678. The molecule has 2 aliphatic heterocycles. The predicted octanol–water partition coefficient (Wildman–Crippen LogP) is 4.00. The Morgan fingerprint density at radius 2 is 1.79 bits per heavy atom. The van der Waals surface area contributed by atoms with Crippen LogP contribution in [-0.4, -0.2) is 40.4 Å². The second-order valence-corrected chi connectivity index (χ2v) is 8.26. The minimum atomic E-state index is 0.111. The molecule has 142 valence electrons. The molecular formula is C22H22N4OS. The molecule has 5 nitrogen and oxygen atoms in total. The Labute approximate surface area is 168 Å². The lowest BCUT2D eigenvalue weighted by Gasteiger charge is -2.31. The largest absolute Gasteiger partial charge is 0.356 e. The van der Waals surface area contributed by atoms with Crippen molar-refractivity contribution in [2.24, 2.45) is 0 Å². The van der Waals surface area contributed by atoms with Gasteiger partial charge in [0.15, 0.2) is 5.82 Å². The molecule has 0 spiro atoms. The zero-order chi connectivity index (χ0) is 18.9. The molecule has 1 fully saturated rings. The molecule has 5 rings (SSSR count). The molecule has 0 unspecified atom stereocenters. The van der Waals surface area contributed by atoms with E-state index in [-0.39, 0.29) is 5.91 Å². The van der Waals surface area contributed by atoms with E-state index in [1.54, 1.807) is 0 Å². The highest BCUT2D eigenvalue weighted by Gasteiger charge is 2.29. The van der Waals surface area contributed by atoms with Crippen LogP contribution in [0.1, 0.15) is 33.8 Å². The van der Waals surface area contributed by atoms with Crippen molar-refractivity contribution in [2.75, 3.05) is 24.5 Å². The predicted molar refractivity (Wildman–Crippen MR) is 112 cm³/mol. The molecule has 1 saturated heterocycles. The van der Waals surface area contributed by atoms with E-state index in [1.807, 2.05) is 40.6 Å². The molecule has 2 aliphatic rings. The van der Waals surface area contributed by atoms with E-state index in [9.17, 15) is 4.79 Å². The number of nitrogens with zero attached hydrogens (tertiary/aromatic N) is 4. The van der Waals surface area contributed by atoms with Crippen molar-refractivity contribution in [3.63, 3.8) is 0 Å². The molecule has 3 aromatic rings.